The SMILES string of the molecule is CC(N)CCC(=O)OCCc1cccs1. The number of nitrogens with two attached hydrogens (primary N) is 1. The van der Waals surface area contributed by atoms with Crippen LogP contribution in [0.4, 0.5) is 0 Å². The summed E-state index contributed by atoms with van der Waals surface area (Å²) < 4.78 is 5.08. The lowest BCUT2D eigenvalue weighted by Gasteiger charge is -2.05. The van der Waals surface area contributed by atoms with Crippen LogP contribution in [-0.4, -0.2) is 18.6 Å². The van der Waals surface area contributed by atoms with Crippen molar-refractivity contribution in [3.63, 3.8) is 0 Å². The Kier molecular flexibility index (Phi) is 5.36. The van der Waals surface area contributed by atoms with Crippen molar-refractivity contribution in [2.24, 2.45) is 5.73 Å². The number of rotatable bonds is 6. The molecular weight excluding hydrogens is 210 g/mol. The molecule has 0 radical (unpaired) electrons. The summed E-state index contributed by atoms with van der Waals surface area (Å²) in [7, 11) is 0. The molecule has 0 aromatic carbocycles. The molecule has 15 heavy (non-hydrogen) atoms. The number of carbonyl (C=O) groups is 1. The van der Waals surface area contributed by atoms with Crippen LogP contribution in [0.3, 0.4) is 0 Å². The van der Waals surface area contributed by atoms with Gasteiger partial charge in [0.15, 0.2) is 0 Å². The molecule has 0 saturated carbocycles. The van der Waals surface area contributed by atoms with Crippen molar-refractivity contribution in [1.82, 2.24) is 0 Å². The Balaban J connectivity index is 2.07. The molecule has 84 valence electrons. The van der Waals surface area contributed by atoms with E-state index in [1.54, 1.807) is 11.3 Å². The van der Waals surface area contributed by atoms with Crippen molar-refractivity contribution in [2.45, 2.75) is 32.2 Å². The van der Waals surface area contributed by atoms with Gasteiger partial charge in [-0.3, -0.25) is 4.79 Å². The summed E-state index contributed by atoms with van der Waals surface area (Å²) in [6, 6.07) is 4.10. The lowest BCUT2D eigenvalue weighted by Crippen LogP contribution is -2.17. The normalized spacial score (nSPS) is 12.4. The van der Waals surface area contributed by atoms with Crippen LogP contribution in [0.15, 0.2) is 17.5 Å². The summed E-state index contributed by atoms with van der Waals surface area (Å²) >= 11 is 1.68. The molecule has 1 aromatic heterocycles. The van der Waals surface area contributed by atoms with Crippen molar-refractivity contribution in [3.8, 4) is 0 Å². The first kappa shape index (κ1) is 12.2. The van der Waals surface area contributed by atoms with Crippen molar-refractivity contribution in [3.05, 3.63) is 22.4 Å². The van der Waals surface area contributed by atoms with Crippen LogP contribution in [0.25, 0.3) is 0 Å². The summed E-state index contributed by atoms with van der Waals surface area (Å²) in [5.74, 6) is -0.149. The van der Waals surface area contributed by atoms with Crippen LogP contribution in [-0.2, 0) is 16.0 Å². The largest absolute Gasteiger partial charge is 0.465 e. The molecule has 1 aromatic rings. The van der Waals surface area contributed by atoms with Gasteiger partial charge in [-0.05, 0) is 24.8 Å². The second kappa shape index (κ2) is 6.58. The molecule has 0 fully saturated rings. The zero-order valence-corrected chi connectivity index (χ0v) is 9.76. The molecule has 0 aliphatic heterocycles. The molecule has 0 saturated heterocycles. The molecular formula is C11H17NO2S. The third kappa shape index (κ3) is 5.54. The standard InChI is InChI=1S/C11H17NO2S/c1-9(12)4-5-11(13)14-7-6-10-3-2-8-15-10/h2-3,8-9H,4-7,12H2,1H3. The minimum absolute atomic E-state index is 0.0647. The van der Waals surface area contributed by atoms with E-state index in [0.29, 0.717) is 19.4 Å². The predicted molar refractivity (Wildman–Crippen MR) is 61.9 cm³/mol. The van der Waals surface area contributed by atoms with Crippen LogP contribution >= 0.6 is 11.3 Å². The third-order valence-corrected chi connectivity index (χ3v) is 2.93. The van der Waals surface area contributed by atoms with Gasteiger partial charge in [-0.15, -0.1) is 11.3 Å². The zero-order valence-electron chi connectivity index (χ0n) is 8.94. The summed E-state index contributed by atoms with van der Waals surface area (Å²) in [4.78, 5) is 12.4. The van der Waals surface area contributed by atoms with E-state index in [0.717, 1.165) is 6.42 Å². The number of hydrogen-bond acceptors (Lipinski definition) is 4. The van der Waals surface area contributed by atoms with Gasteiger partial charge in [-0.1, -0.05) is 6.07 Å². The van der Waals surface area contributed by atoms with Gasteiger partial charge in [-0.2, -0.15) is 0 Å². The van der Waals surface area contributed by atoms with E-state index in [2.05, 4.69) is 0 Å². The molecule has 0 amide bonds. The van der Waals surface area contributed by atoms with Crippen LogP contribution in [0.5, 0.6) is 0 Å². The number of carbonyl (C=O) groups excluding carboxylic acids is 1. The second-order valence-electron chi connectivity index (χ2n) is 3.57. The van der Waals surface area contributed by atoms with Crippen LogP contribution in [0.1, 0.15) is 24.6 Å². The molecule has 0 bridgehead atoms. The van der Waals surface area contributed by atoms with Gasteiger partial charge < -0.3 is 10.5 Å². The quantitative estimate of drug-likeness (QED) is 0.756. The Labute approximate surface area is 94.2 Å². The fourth-order valence-corrected chi connectivity index (χ4v) is 1.83. The van der Waals surface area contributed by atoms with Gasteiger partial charge in [0.1, 0.15) is 0 Å². The van der Waals surface area contributed by atoms with E-state index in [4.69, 9.17) is 10.5 Å². The Bertz CT molecular complexity index is 283. The number of ether oxygens (including phenoxy) is 1. The van der Waals surface area contributed by atoms with E-state index >= 15 is 0 Å². The van der Waals surface area contributed by atoms with Gasteiger partial charge >= 0.3 is 5.97 Å². The smallest absolute Gasteiger partial charge is 0.305 e. The van der Waals surface area contributed by atoms with Gasteiger partial charge in [-0.25, -0.2) is 0 Å². The van der Waals surface area contributed by atoms with Gasteiger partial charge in [0.25, 0.3) is 0 Å². The first-order chi connectivity index (χ1) is 7.18. The fraction of sp³-hybridized carbons (Fsp3) is 0.545. The molecule has 1 unspecified atom stereocenters. The molecule has 0 aliphatic rings. The highest BCUT2D eigenvalue weighted by molar-refractivity contribution is 7.09. The Morgan fingerprint density at radius 1 is 1.67 bits per heavy atom. The lowest BCUT2D eigenvalue weighted by molar-refractivity contribution is -0.143. The van der Waals surface area contributed by atoms with Crippen LogP contribution in [0.2, 0.25) is 0 Å². The minimum Gasteiger partial charge on any atom is -0.465 e. The van der Waals surface area contributed by atoms with Crippen molar-refractivity contribution < 1.29 is 9.53 Å². The fourth-order valence-electron chi connectivity index (χ4n) is 1.14. The third-order valence-electron chi connectivity index (χ3n) is 2.00. The molecule has 1 atom stereocenters. The highest BCUT2D eigenvalue weighted by Crippen LogP contribution is 2.09. The van der Waals surface area contributed by atoms with Crippen LogP contribution in [0, 0.1) is 0 Å². The summed E-state index contributed by atoms with van der Waals surface area (Å²) in [5.41, 5.74) is 5.54. The highest BCUT2D eigenvalue weighted by Gasteiger charge is 2.04. The molecule has 2 N–H and O–H groups in total. The molecule has 4 heteroatoms. The molecule has 1 heterocycles. The maximum Gasteiger partial charge on any atom is 0.305 e. The molecule has 1 rings (SSSR count). The number of esters is 1. The average molecular weight is 227 g/mol. The summed E-state index contributed by atoms with van der Waals surface area (Å²) in [5, 5.41) is 2.02. The Morgan fingerprint density at radius 2 is 2.47 bits per heavy atom. The van der Waals surface area contributed by atoms with E-state index in [-0.39, 0.29) is 12.0 Å². The topological polar surface area (TPSA) is 52.3 Å². The van der Waals surface area contributed by atoms with E-state index < -0.39 is 0 Å². The van der Waals surface area contributed by atoms with Gasteiger partial charge in [0, 0.05) is 23.8 Å². The van der Waals surface area contributed by atoms with E-state index in [9.17, 15) is 4.79 Å². The lowest BCUT2D eigenvalue weighted by atomic mass is 10.2. The first-order valence-electron chi connectivity index (χ1n) is 5.12. The summed E-state index contributed by atoms with van der Waals surface area (Å²) in [6.45, 7) is 2.36. The zero-order chi connectivity index (χ0) is 11.1. The van der Waals surface area contributed by atoms with Crippen molar-refractivity contribution in [2.75, 3.05) is 6.61 Å². The number of hydrogen-bond donors (Lipinski definition) is 1. The van der Waals surface area contributed by atoms with Gasteiger partial charge in [0.2, 0.25) is 0 Å². The number of thiophene rings is 1. The predicted octanol–water partition coefficient (Wildman–Crippen LogP) is 1.96. The first-order valence-corrected chi connectivity index (χ1v) is 6.00. The Morgan fingerprint density at radius 3 is 3.07 bits per heavy atom. The molecule has 0 aliphatic carbocycles. The van der Waals surface area contributed by atoms with Crippen molar-refractivity contribution in [1.29, 1.82) is 0 Å². The van der Waals surface area contributed by atoms with E-state index in [1.165, 1.54) is 4.88 Å². The average Bonchev–Trinajstić information content (AvgIpc) is 2.67. The second-order valence-corrected chi connectivity index (χ2v) is 4.60. The highest BCUT2D eigenvalue weighted by atomic mass is 32.1. The Hall–Kier alpha value is -0.870. The molecule has 3 nitrogen and oxygen atoms in total. The van der Waals surface area contributed by atoms with E-state index in [1.807, 2.05) is 24.4 Å². The minimum atomic E-state index is -0.149. The summed E-state index contributed by atoms with van der Waals surface area (Å²) in [6.07, 6.45) is 1.92. The maximum atomic E-state index is 11.2. The maximum absolute atomic E-state index is 11.2. The van der Waals surface area contributed by atoms with Crippen LogP contribution < -0.4 is 5.73 Å². The van der Waals surface area contributed by atoms with Gasteiger partial charge in [0.05, 0.1) is 6.61 Å². The molecule has 0 spiro atoms. The van der Waals surface area contributed by atoms with Crippen molar-refractivity contribution >= 4 is 17.3 Å². The monoisotopic (exact) mass is 227 g/mol.